The number of carboxylic acid groups (broad SMARTS) is 1. The Morgan fingerprint density at radius 2 is 2.09 bits per heavy atom. The van der Waals surface area contributed by atoms with E-state index in [9.17, 15) is 23.1 Å². The summed E-state index contributed by atoms with van der Waals surface area (Å²) in [5, 5.41) is 23.4. The lowest BCUT2D eigenvalue weighted by molar-refractivity contribution is -0.141. The SMILES string of the molecule is Cc1cc(Nc2nccc(C(F)(F)F)n2)cc(-c2cnc(C3(O)CC[C@H](CC(=O)O)C3)s2)c1. The van der Waals surface area contributed by atoms with Gasteiger partial charge in [-0.25, -0.2) is 15.0 Å². The van der Waals surface area contributed by atoms with Gasteiger partial charge in [0.15, 0.2) is 0 Å². The molecular weight excluding hydrogens is 457 g/mol. The first-order chi connectivity index (χ1) is 15.5. The topological polar surface area (TPSA) is 108 Å². The first kappa shape index (κ1) is 23.1. The highest BCUT2D eigenvalue weighted by molar-refractivity contribution is 7.15. The number of thiazole rings is 1. The summed E-state index contributed by atoms with van der Waals surface area (Å²) in [4.78, 5) is 23.6. The molecule has 7 nitrogen and oxygen atoms in total. The largest absolute Gasteiger partial charge is 0.481 e. The van der Waals surface area contributed by atoms with Crippen molar-refractivity contribution in [2.24, 2.45) is 5.92 Å². The Morgan fingerprint density at radius 1 is 1.30 bits per heavy atom. The number of aliphatic hydroxyl groups is 1. The molecule has 0 radical (unpaired) electrons. The van der Waals surface area contributed by atoms with Crippen molar-refractivity contribution in [3.63, 3.8) is 0 Å². The van der Waals surface area contributed by atoms with Crippen LogP contribution in [0, 0.1) is 12.8 Å². The number of aromatic nitrogens is 3. The van der Waals surface area contributed by atoms with Crippen molar-refractivity contribution in [2.75, 3.05) is 5.32 Å². The van der Waals surface area contributed by atoms with Gasteiger partial charge in [-0.05, 0) is 61.4 Å². The second-order valence-electron chi connectivity index (χ2n) is 8.24. The number of nitrogens with zero attached hydrogens (tertiary/aromatic N) is 3. The molecule has 0 spiro atoms. The number of carbonyl (C=O) groups is 1. The molecule has 1 unspecified atom stereocenters. The van der Waals surface area contributed by atoms with E-state index in [0.29, 0.717) is 30.0 Å². The van der Waals surface area contributed by atoms with Crippen molar-refractivity contribution >= 4 is 28.9 Å². The average molecular weight is 478 g/mol. The smallest absolute Gasteiger partial charge is 0.433 e. The molecule has 11 heteroatoms. The summed E-state index contributed by atoms with van der Waals surface area (Å²) in [6.45, 7) is 1.85. The predicted molar refractivity (Wildman–Crippen MR) is 116 cm³/mol. The molecule has 2 atom stereocenters. The van der Waals surface area contributed by atoms with Crippen molar-refractivity contribution in [1.82, 2.24) is 15.0 Å². The highest BCUT2D eigenvalue weighted by Crippen LogP contribution is 2.46. The maximum atomic E-state index is 12.9. The first-order valence-corrected chi connectivity index (χ1v) is 11.0. The summed E-state index contributed by atoms with van der Waals surface area (Å²) in [5.41, 5.74) is -0.0407. The zero-order chi connectivity index (χ0) is 23.8. The zero-order valence-electron chi connectivity index (χ0n) is 17.6. The van der Waals surface area contributed by atoms with Crippen LogP contribution in [0.3, 0.4) is 0 Å². The molecule has 1 saturated carbocycles. The van der Waals surface area contributed by atoms with E-state index in [1.54, 1.807) is 18.3 Å². The van der Waals surface area contributed by atoms with Gasteiger partial charge in [0.05, 0.1) is 4.88 Å². The fraction of sp³-hybridized carbons (Fsp3) is 0.364. The fourth-order valence-corrected chi connectivity index (χ4v) is 5.10. The third kappa shape index (κ3) is 5.31. The van der Waals surface area contributed by atoms with Crippen LogP contribution in [-0.4, -0.2) is 31.1 Å². The van der Waals surface area contributed by atoms with Gasteiger partial charge in [0.2, 0.25) is 5.95 Å². The lowest BCUT2D eigenvalue weighted by Crippen LogP contribution is -2.21. The highest BCUT2D eigenvalue weighted by atomic mass is 32.1. The monoisotopic (exact) mass is 478 g/mol. The number of aryl methyl sites for hydroxylation is 1. The van der Waals surface area contributed by atoms with Crippen molar-refractivity contribution in [2.45, 2.75) is 44.4 Å². The summed E-state index contributed by atoms with van der Waals surface area (Å²) in [7, 11) is 0. The predicted octanol–water partition coefficient (Wildman–Crippen LogP) is 5.13. The van der Waals surface area contributed by atoms with Crippen molar-refractivity contribution in [1.29, 1.82) is 0 Å². The molecule has 0 aliphatic heterocycles. The minimum atomic E-state index is -4.57. The molecule has 3 aromatic rings. The van der Waals surface area contributed by atoms with Crippen LogP contribution < -0.4 is 5.32 Å². The summed E-state index contributed by atoms with van der Waals surface area (Å²) < 4.78 is 38.8. The quantitative estimate of drug-likeness (QED) is 0.451. The molecular formula is C22H21F3N4O3S. The summed E-state index contributed by atoms with van der Waals surface area (Å²) in [6.07, 6.45) is -0.449. The number of nitrogens with one attached hydrogen (secondary N) is 1. The van der Waals surface area contributed by atoms with Crippen LogP contribution in [0.25, 0.3) is 10.4 Å². The van der Waals surface area contributed by atoms with Gasteiger partial charge < -0.3 is 15.5 Å². The van der Waals surface area contributed by atoms with Crippen LogP contribution in [-0.2, 0) is 16.6 Å². The molecule has 1 aromatic carbocycles. The number of anilines is 2. The number of hydrogen-bond donors (Lipinski definition) is 3. The third-order valence-corrected chi connectivity index (χ3v) is 6.76. The molecule has 0 amide bonds. The fourth-order valence-electron chi connectivity index (χ4n) is 4.07. The molecule has 4 rings (SSSR count). The van der Waals surface area contributed by atoms with Crippen molar-refractivity contribution < 1.29 is 28.2 Å². The van der Waals surface area contributed by atoms with Gasteiger partial charge in [0, 0.05) is 24.5 Å². The van der Waals surface area contributed by atoms with E-state index < -0.39 is 23.4 Å². The molecule has 0 bridgehead atoms. The normalized spacial score (nSPS) is 20.7. The summed E-state index contributed by atoms with van der Waals surface area (Å²) in [5.74, 6) is -1.15. The minimum Gasteiger partial charge on any atom is -0.481 e. The Morgan fingerprint density at radius 3 is 2.82 bits per heavy atom. The molecule has 33 heavy (non-hydrogen) atoms. The molecule has 3 N–H and O–H groups in total. The van der Waals surface area contributed by atoms with Crippen LogP contribution in [0.1, 0.15) is 41.9 Å². The number of carboxylic acids is 1. The third-order valence-electron chi connectivity index (χ3n) is 5.52. The van der Waals surface area contributed by atoms with Crippen LogP contribution in [0.15, 0.2) is 36.7 Å². The van der Waals surface area contributed by atoms with E-state index in [2.05, 4.69) is 20.3 Å². The van der Waals surface area contributed by atoms with Crippen LogP contribution in [0.5, 0.6) is 0 Å². The van der Waals surface area contributed by atoms with Crippen LogP contribution in [0.2, 0.25) is 0 Å². The second kappa shape index (κ2) is 8.71. The van der Waals surface area contributed by atoms with Gasteiger partial charge in [0.1, 0.15) is 16.3 Å². The number of rotatable bonds is 6. The van der Waals surface area contributed by atoms with Gasteiger partial charge in [-0.2, -0.15) is 13.2 Å². The maximum Gasteiger partial charge on any atom is 0.433 e. The van der Waals surface area contributed by atoms with E-state index >= 15 is 0 Å². The number of aliphatic carboxylic acids is 1. The number of hydrogen-bond acceptors (Lipinski definition) is 7. The molecule has 2 heterocycles. The Bertz CT molecular complexity index is 1180. The van der Waals surface area contributed by atoms with E-state index in [1.165, 1.54) is 11.3 Å². The molecule has 1 aliphatic rings. The lowest BCUT2D eigenvalue weighted by Gasteiger charge is -2.19. The van der Waals surface area contributed by atoms with E-state index in [-0.39, 0.29) is 18.3 Å². The Labute approximate surface area is 191 Å². The van der Waals surface area contributed by atoms with E-state index in [1.807, 2.05) is 13.0 Å². The standard InChI is InChI=1S/C22H21F3N4O3S/c1-12-6-14(9-15(7-12)28-20-26-5-3-17(29-20)22(23,24)25)16-11-27-19(33-16)21(32)4-2-13(10-21)8-18(30)31/h3,5-7,9,11,13,32H,2,4,8,10H2,1H3,(H,30,31)(H,26,28,29)/t13-,21?/m1/s1. The number of alkyl halides is 3. The van der Waals surface area contributed by atoms with Gasteiger partial charge in [-0.1, -0.05) is 6.07 Å². The zero-order valence-corrected chi connectivity index (χ0v) is 18.4. The van der Waals surface area contributed by atoms with Gasteiger partial charge in [-0.15, -0.1) is 11.3 Å². The molecule has 1 fully saturated rings. The van der Waals surface area contributed by atoms with Gasteiger partial charge >= 0.3 is 12.1 Å². The van der Waals surface area contributed by atoms with Crippen LogP contribution in [0.4, 0.5) is 24.8 Å². The van der Waals surface area contributed by atoms with Crippen molar-refractivity contribution in [3.8, 4) is 10.4 Å². The minimum absolute atomic E-state index is 0.0189. The van der Waals surface area contributed by atoms with Gasteiger partial charge in [0.25, 0.3) is 0 Å². The highest BCUT2D eigenvalue weighted by Gasteiger charge is 2.41. The Kier molecular flexibility index (Phi) is 6.10. The molecule has 0 saturated heterocycles. The van der Waals surface area contributed by atoms with E-state index in [4.69, 9.17) is 5.11 Å². The number of halogens is 3. The first-order valence-electron chi connectivity index (χ1n) is 10.2. The molecule has 2 aromatic heterocycles. The Balaban J connectivity index is 1.56. The lowest BCUT2D eigenvalue weighted by atomic mass is 9.99. The summed E-state index contributed by atoms with van der Waals surface area (Å²) in [6, 6.07) is 6.22. The van der Waals surface area contributed by atoms with E-state index in [0.717, 1.165) is 28.3 Å². The summed E-state index contributed by atoms with van der Waals surface area (Å²) >= 11 is 1.32. The second-order valence-corrected chi connectivity index (χ2v) is 9.27. The van der Waals surface area contributed by atoms with Crippen molar-refractivity contribution in [3.05, 3.63) is 52.9 Å². The Hall–Kier alpha value is -3.05. The maximum absolute atomic E-state index is 12.9. The molecule has 1 aliphatic carbocycles. The van der Waals surface area contributed by atoms with Gasteiger partial charge in [-0.3, -0.25) is 4.79 Å². The average Bonchev–Trinajstić information content (AvgIpc) is 3.35. The number of benzene rings is 1. The molecule has 174 valence electrons. The van der Waals surface area contributed by atoms with Crippen LogP contribution >= 0.6 is 11.3 Å².